The summed E-state index contributed by atoms with van der Waals surface area (Å²) in [6.07, 6.45) is 4.42. The lowest BCUT2D eigenvalue weighted by Crippen LogP contribution is -2.35. The van der Waals surface area contributed by atoms with Crippen LogP contribution in [0.5, 0.6) is 23.0 Å². The van der Waals surface area contributed by atoms with Crippen LogP contribution in [-0.2, 0) is 16.0 Å². The van der Waals surface area contributed by atoms with Crippen LogP contribution < -0.4 is 19.5 Å². The highest BCUT2D eigenvalue weighted by molar-refractivity contribution is 6.14. The molecule has 44 heavy (non-hydrogen) atoms. The molecule has 0 bridgehead atoms. The monoisotopic (exact) mass is 601 g/mol. The second-order valence-electron chi connectivity index (χ2n) is 11.7. The summed E-state index contributed by atoms with van der Waals surface area (Å²) in [4.78, 5) is 32.6. The van der Waals surface area contributed by atoms with Crippen molar-refractivity contribution in [3.05, 3.63) is 84.1 Å². The van der Waals surface area contributed by atoms with E-state index in [2.05, 4.69) is 15.2 Å². The first-order chi connectivity index (χ1) is 21.1. The van der Waals surface area contributed by atoms with Crippen molar-refractivity contribution in [2.45, 2.75) is 37.6 Å². The third kappa shape index (κ3) is 5.81. The molecule has 4 aromatic rings. The minimum Gasteiger partial charge on any atom is -0.493 e. The van der Waals surface area contributed by atoms with Crippen molar-refractivity contribution in [2.75, 3.05) is 33.1 Å². The predicted molar refractivity (Wildman–Crippen MR) is 161 cm³/mol. The zero-order chi connectivity index (χ0) is 31.1. The molecular weight excluding hydrogens is 568 g/mol. The van der Waals surface area contributed by atoms with Crippen LogP contribution in [0.3, 0.4) is 0 Å². The van der Waals surface area contributed by atoms with Gasteiger partial charge in [0.15, 0.2) is 28.8 Å². The number of carbonyl (C=O) groups is 2. The average molecular weight is 602 g/mol. The molecule has 2 aliphatic carbocycles. The maximum absolute atomic E-state index is 15.3. The Balaban J connectivity index is 1.15. The molecule has 0 spiro atoms. The van der Waals surface area contributed by atoms with Crippen molar-refractivity contribution in [1.29, 1.82) is 0 Å². The van der Waals surface area contributed by atoms with Crippen LogP contribution in [-0.4, -0.2) is 54.9 Å². The molecule has 2 fully saturated rings. The van der Waals surface area contributed by atoms with Gasteiger partial charge < -0.3 is 24.4 Å². The topological polar surface area (TPSA) is 90.0 Å². The summed E-state index contributed by atoms with van der Waals surface area (Å²) in [5.74, 6) is -0.372. The lowest BCUT2D eigenvalue weighted by Gasteiger charge is -2.24. The van der Waals surface area contributed by atoms with Crippen molar-refractivity contribution in [2.24, 2.45) is 5.41 Å². The molecule has 3 aromatic carbocycles. The van der Waals surface area contributed by atoms with E-state index in [9.17, 15) is 14.0 Å². The number of hydrogen-bond donors (Lipinski definition) is 1. The number of amides is 1. The first-order valence-corrected chi connectivity index (χ1v) is 14.5. The molecular formula is C34H33F2N3O5. The molecule has 1 aromatic heterocycles. The quantitative estimate of drug-likeness (QED) is 0.190. The number of rotatable bonds is 12. The number of nitrogens with zero attached hydrogens (tertiary/aromatic N) is 2. The lowest BCUT2D eigenvalue weighted by atomic mass is 9.94. The molecule has 0 atom stereocenters. The minimum atomic E-state index is -1.16. The first-order valence-electron chi connectivity index (χ1n) is 14.5. The first kappa shape index (κ1) is 29.5. The number of anilines is 1. The van der Waals surface area contributed by atoms with E-state index >= 15 is 4.39 Å². The Hall–Kier alpha value is -4.57. The van der Waals surface area contributed by atoms with Gasteiger partial charge in [0.1, 0.15) is 23.6 Å². The number of halogens is 2. The van der Waals surface area contributed by atoms with Crippen molar-refractivity contribution < 1.29 is 32.6 Å². The number of ketones is 1. The van der Waals surface area contributed by atoms with Crippen LogP contribution in [0.2, 0.25) is 0 Å². The number of nitrogens with one attached hydrogen (secondary N) is 1. The van der Waals surface area contributed by atoms with Crippen LogP contribution in [0.15, 0.2) is 66.9 Å². The number of hydrogen-bond acceptors (Lipinski definition) is 7. The summed E-state index contributed by atoms with van der Waals surface area (Å²) < 4.78 is 46.2. The van der Waals surface area contributed by atoms with Crippen LogP contribution in [0.1, 0.15) is 31.2 Å². The number of pyridine rings is 1. The van der Waals surface area contributed by atoms with Crippen molar-refractivity contribution in [3.63, 3.8) is 0 Å². The molecule has 228 valence electrons. The van der Waals surface area contributed by atoms with Gasteiger partial charge in [0.05, 0.1) is 18.2 Å². The third-order valence-corrected chi connectivity index (χ3v) is 8.66. The second-order valence-corrected chi connectivity index (χ2v) is 11.7. The molecule has 6 rings (SSSR count). The van der Waals surface area contributed by atoms with Gasteiger partial charge in [-0.25, -0.2) is 8.78 Å². The zero-order valence-corrected chi connectivity index (χ0v) is 24.8. The Morgan fingerprint density at radius 3 is 2.30 bits per heavy atom. The van der Waals surface area contributed by atoms with Gasteiger partial charge in [-0.2, -0.15) is 0 Å². The van der Waals surface area contributed by atoms with Crippen molar-refractivity contribution >= 4 is 28.3 Å². The van der Waals surface area contributed by atoms with E-state index in [1.165, 1.54) is 36.4 Å². The highest BCUT2D eigenvalue weighted by Crippen LogP contribution is 2.48. The summed E-state index contributed by atoms with van der Waals surface area (Å²) in [5, 5.41) is 3.31. The maximum Gasteiger partial charge on any atom is 0.238 e. The van der Waals surface area contributed by atoms with Crippen LogP contribution in [0.4, 0.5) is 14.5 Å². The molecule has 0 aliphatic heterocycles. The van der Waals surface area contributed by atoms with Crippen molar-refractivity contribution in [1.82, 2.24) is 9.88 Å². The van der Waals surface area contributed by atoms with Gasteiger partial charge in [-0.3, -0.25) is 14.6 Å². The smallest absolute Gasteiger partial charge is 0.238 e. The van der Waals surface area contributed by atoms with E-state index in [-0.39, 0.29) is 23.5 Å². The predicted octanol–water partition coefficient (Wildman–Crippen LogP) is 6.32. The largest absolute Gasteiger partial charge is 0.493 e. The van der Waals surface area contributed by atoms with E-state index in [0.29, 0.717) is 58.9 Å². The molecule has 1 amide bonds. The van der Waals surface area contributed by atoms with Crippen LogP contribution in [0, 0.1) is 17.0 Å². The Bertz CT molecular complexity index is 1730. The van der Waals surface area contributed by atoms with Gasteiger partial charge >= 0.3 is 0 Å². The molecule has 2 aliphatic rings. The number of ether oxygens (including phenoxy) is 3. The van der Waals surface area contributed by atoms with Gasteiger partial charge in [0.25, 0.3) is 0 Å². The second kappa shape index (κ2) is 11.5. The van der Waals surface area contributed by atoms with E-state index in [1.807, 2.05) is 14.1 Å². The Morgan fingerprint density at radius 2 is 1.66 bits per heavy atom. The molecule has 0 saturated heterocycles. The number of fused-ring (bicyclic) bond motifs is 1. The molecule has 1 heterocycles. The van der Waals surface area contributed by atoms with Gasteiger partial charge in [0.2, 0.25) is 5.91 Å². The molecule has 10 heteroatoms. The summed E-state index contributed by atoms with van der Waals surface area (Å²) in [6, 6.07) is 14.9. The standard InChI is InChI=1S/C34H33F2N3O5/c1-39(2)33(11-12-33)20-43-30-19-26-24(18-29(30)42-3)27(10-15-37-26)44-28-9-4-21(16-25(28)36)17-31(40)34(13-14-34)32(41)38-23-7-5-22(35)6-8-23/h4-10,15-16,18-19H,11-14,17,20H2,1-3H3,(H,38,41). The summed E-state index contributed by atoms with van der Waals surface area (Å²) in [5.41, 5.74) is 0.300. The highest BCUT2D eigenvalue weighted by atomic mass is 19.1. The average Bonchev–Trinajstić information content (AvgIpc) is 3.93. The third-order valence-electron chi connectivity index (χ3n) is 8.66. The van der Waals surface area contributed by atoms with Crippen molar-refractivity contribution in [3.8, 4) is 23.0 Å². The number of carbonyl (C=O) groups excluding carboxylic acids is 2. The summed E-state index contributed by atoms with van der Waals surface area (Å²) in [7, 11) is 5.65. The van der Waals surface area contributed by atoms with E-state index in [0.717, 1.165) is 12.8 Å². The normalized spacial score (nSPS) is 16.0. The minimum absolute atomic E-state index is 0.0233. The zero-order valence-electron chi connectivity index (χ0n) is 24.8. The Morgan fingerprint density at radius 1 is 0.909 bits per heavy atom. The highest BCUT2D eigenvalue weighted by Gasteiger charge is 2.55. The fraction of sp³-hybridized carbons (Fsp3) is 0.324. The van der Waals surface area contributed by atoms with Gasteiger partial charge in [-0.15, -0.1) is 0 Å². The van der Waals surface area contributed by atoms with Crippen LogP contribution in [0.25, 0.3) is 10.9 Å². The SMILES string of the molecule is COc1cc2c(Oc3ccc(CC(=O)C4(C(=O)Nc5ccc(F)cc5)CC4)cc3F)ccnc2cc1OCC1(N(C)C)CC1. The number of methoxy groups -OCH3 is 1. The molecule has 0 radical (unpaired) electrons. The molecule has 2 saturated carbocycles. The van der Waals surface area contributed by atoms with Gasteiger partial charge in [-0.1, -0.05) is 6.07 Å². The fourth-order valence-electron chi connectivity index (χ4n) is 5.32. The molecule has 8 nitrogen and oxygen atoms in total. The van der Waals surface area contributed by atoms with E-state index in [1.54, 1.807) is 37.6 Å². The maximum atomic E-state index is 15.3. The van der Waals surface area contributed by atoms with E-state index < -0.39 is 23.0 Å². The summed E-state index contributed by atoms with van der Waals surface area (Å²) >= 11 is 0. The van der Waals surface area contributed by atoms with Crippen LogP contribution >= 0.6 is 0 Å². The van der Waals surface area contributed by atoms with Gasteiger partial charge in [0, 0.05) is 29.8 Å². The number of likely N-dealkylation sites (N-methyl/N-ethyl adjacent to an activating group) is 1. The number of aromatic nitrogens is 1. The number of Topliss-reactive ketones (excluding diaryl/α,β-unsaturated/α-hetero) is 1. The van der Waals surface area contributed by atoms with Gasteiger partial charge in [-0.05, 0) is 93.9 Å². The Kier molecular flexibility index (Phi) is 7.71. The lowest BCUT2D eigenvalue weighted by molar-refractivity contribution is -0.132. The molecule has 1 N–H and O–H groups in total. The number of benzene rings is 3. The fourth-order valence-corrected chi connectivity index (χ4v) is 5.32. The summed E-state index contributed by atoms with van der Waals surface area (Å²) in [6.45, 7) is 0.526. The Labute approximate surface area is 253 Å². The molecule has 0 unspecified atom stereocenters. The van der Waals surface area contributed by atoms with E-state index in [4.69, 9.17) is 14.2 Å².